The van der Waals surface area contributed by atoms with Crippen LogP contribution in [0.4, 0.5) is 0 Å². The van der Waals surface area contributed by atoms with Crippen LogP contribution in [0.5, 0.6) is 0 Å². The van der Waals surface area contributed by atoms with Gasteiger partial charge in [-0.2, -0.15) is 0 Å². The van der Waals surface area contributed by atoms with Gasteiger partial charge in [-0.15, -0.1) is 0 Å². The van der Waals surface area contributed by atoms with Crippen molar-refractivity contribution >= 4 is 0 Å². The second-order valence-electron chi connectivity index (χ2n) is 1.78. The van der Waals surface area contributed by atoms with E-state index in [0.717, 1.165) is 0 Å². The van der Waals surface area contributed by atoms with Crippen LogP contribution in [0.25, 0.3) is 0 Å². The number of ether oxygens (including phenoxy) is 1. The number of hydrogen-bond acceptors (Lipinski definition) is 4. The minimum Gasteiger partial charge on any atom is -0.388 e. The fraction of sp³-hybridized carbons (Fsp3) is 1.00. The first kappa shape index (κ1) is 5.97. The molecule has 1 rings (SSSR count). The molecule has 8 heavy (non-hydrogen) atoms. The Morgan fingerprint density at radius 2 is 1.88 bits per heavy atom. The maximum atomic E-state index is 8.64. The lowest BCUT2D eigenvalue weighted by Gasteiger charge is -2.06. The highest BCUT2D eigenvalue weighted by Gasteiger charge is 2.32. The quantitative estimate of drug-likeness (QED) is 0.348. The lowest BCUT2D eigenvalue weighted by atomic mass is 10.2. The summed E-state index contributed by atoms with van der Waals surface area (Å²) in [5.74, 6) is 0. The first-order chi connectivity index (χ1) is 3.72. The Bertz CT molecular complexity index is 74.1. The van der Waals surface area contributed by atoms with E-state index in [-0.39, 0.29) is 6.61 Å². The Kier molecular flexibility index (Phi) is 1.48. The Hall–Kier alpha value is -0.160. The zero-order chi connectivity index (χ0) is 6.15. The van der Waals surface area contributed by atoms with E-state index >= 15 is 0 Å². The van der Waals surface area contributed by atoms with Crippen LogP contribution in [0.3, 0.4) is 0 Å². The molecule has 0 spiro atoms. The maximum absolute atomic E-state index is 8.64. The van der Waals surface area contributed by atoms with Crippen molar-refractivity contribution in [2.45, 2.75) is 18.5 Å². The van der Waals surface area contributed by atoms with Crippen molar-refractivity contribution in [2.75, 3.05) is 6.61 Å². The third-order valence-electron chi connectivity index (χ3n) is 1.12. The SMILES string of the molecule is OC1COC(O)[C@H]1O. The van der Waals surface area contributed by atoms with Gasteiger partial charge >= 0.3 is 0 Å². The molecule has 3 atom stereocenters. The molecule has 0 aliphatic carbocycles. The van der Waals surface area contributed by atoms with Crippen molar-refractivity contribution < 1.29 is 20.1 Å². The van der Waals surface area contributed by atoms with Gasteiger partial charge in [0.05, 0.1) is 6.61 Å². The molecule has 0 saturated carbocycles. The molecule has 3 N–H and O–H groups in total. The summed E-state index contributed by atoms with van der Waals surface area (Å²) >= 11 is 0. The van der Waals surface area contributed by atoms with E-state index in [1.807, 2.05) is 0 Å². The topological polar surface area (TPSA) is 69.9 Å². The molecule has 1 aliphatic heterocycles. The minimum absolute atomic E-state index is 0.0162. The van der Waals surface area contributed by atoms with Gasteiger partial charge in [0.25, 0.3) is 0 Å². The largest absolute Gasteiger partial charge is 0.388 e. The monoisotopic (exact) mass is 120 g/mol. The fourth-order valence-corrected chi connectivity index (χ4v) is 0.584. The molecule has 0 aromatic carbocycles. The molecule has 0 aromatic rings. The third-order valence-corrected chi connectivity index (χ3v) is 1.12. The van der Waals surface area contributed by atoms with Crippen molar-refractivity contribution in [2.24, 2.45) is 0 Å². The van der Waals surface area contributed by atoms with Gasteiger partial charge in [-0.25, -0.2) is 0 Å². The minimum atomic E-state index is -1.20. The summed E-state index contributed by atoms with van der Waals surface area (Å²) in [6, 6.07) is 0. The van der Waals surface area contributed by atoms with Gasteiger partial charge in [-0.05, 0) is 0 Å². The Balaban J connectivity index is 2.44. The Morgan fingerprint density at radius 1 is 1.25 bits per heavy atom. The highest BCUT2D eigenvalue weighted by molar-refractivity contribution is 4.75. The standard InChI is InChI=1S/C4H8O4/c5-2-1-8-4(7)3(2)6/h2-7H,1H2/t2?,3-,4?/m0/s1. The van der Waals surface area contributed by atoms with Gasteiger partial charge in [0.15, 0.2) is 6.29 Å². The number of rotatable bonds is 0. The normalized spacial score (nSPS) is 47.6. The van der Waals surface area contributed by atoms with Crippen LogP contribution in [0.1, 0.15) is 0 Å². The van der Waals surface area contributed by atoms with Crippen LogP contribution in [-0.2, 0) is 4.74 Å². The van der Waals surface area contributed by atoms with Crippen LogP contribution >= 0.6 is 0 Å². The molecule has 2 unspecified atom stereocenters. The molecule has 1 saturated heterocycles. The second kappa shape index (κ2) is 1.99. The van der Waals surface area contributed by atoms with E-state index in [9.17, 15) is 0 Å². The Morgan fingerprint density at radius 3 is 2.00 bits per heavy atom. The van der Waals surface area contributed by atoms with E-state index < -0.39 is 18.5 Å². The summed E-state index contributed by atoms with van der Waals surface area (Å²) < 4.78 is 4.43. The lowest BCUT2D eigenvalue weighted by Crippen LogP contribution is -2.29. The van der Waals surface area contributed by atoms with Gasteiger partial charge < -0.3 is 20.1 Å². The number of hydrogen-bond donors (Lipinski definition) is 3. The summed E-state index contributed by atoms with van der Waals surface area (Å²) in [4.78, 5) is 0. The predicted octanol–water partition coefficient (Wildman–Crippen LogP) is -1.94. The molecule has 0 amide bonds. The average molecular weight is 120 g/mol. The molecule has 4 nitrogen and oxygen atoms in total. The summed E-state index contributed by atoms with van der Waals surface area (Å²) in [5.41, 5.74) is 0. The van der Waals surface area contributed by atoms with E-state index in [0.29, 0.717) is 0 Å². The second-order valence-corrected chi connectivity index (χ2v) is 1.78. The van der Waals surface area contributed by atoms with Crippen LogP contribution in [0.15, 0.2) is 0 Å². The van der Waals surface area contributed by atoms with Gasteiger partial charge in [-0.1, -0.05) is 0 Å². The lowest BCUT2D eigenvalue weighted by molar-refractivity contribution is -0.111. The molecular weight excluding hydrogens is 112 g/mol. The summed E-state index contributed by atoms with van der Waals surface area (Å²) in [6.07, 6.45) is -3.26. The number of aliphatic hydroxyl groups excluding tert-OH is 3. The smallest absolute Gasteiger partial charge is 0.183 e. The average Bonchev–Trinajstić information content (AvgIpc) is 1.98. The van der Waals surface area contributed by atoms with Crippen LogP contribution in [-0.4, -0.2) is 40.4 Å². The van der Waals surface area contributed by atoms with E-state index in [1.54, 1.807) is 0 Å². The summed E-state index contributed by atoms with van der Waals surface area (Å²) in [5, 5.41) is 25.8. The highest BCUT2D eigenvalue weighted by atomic mass is 16.6. The molecular formula is C4H8O4. The first-order valence-electron chi connectivity index (χ1n) is 2.37. The van der Waals surface area contributed by atoms with Crippen LogP contribution in [0, 0.1) is 0 Å². The van der Waals surface area contributed by atoms with Crippen molar-refractivity contribution in [1.82, 2.24) is 0 Å². The van der Waals surface area contributed by atoms with Crippen molar-refractivity contribution in [3.63, 3.8) is 0 Å². The van der Waals surface area contributed by atoms with E-state index in [1.165, 1.54) is 0 Å². The molecule has 1 aliphatic rings. The molecule has 1 fully saturated rings. The summed E-state index contributed by atoms with van der Waals surface area (Å²) in [7, 11) is 0. The molecule has 0 radical (unpaired) electrons. The van der Waals surface area contributed by atoms with Gasteiger partial charge in [-0.3, -0.25) is 0 Å². The molecule has 48 valence electrons. The van der Waals surface area contributed by atoms with E-state index in [4.69, 9.17) is 15.3 Å². The summed E-state index contributed by atoms with van der Waals surface area (Å²) in [6.45, 7) is 0.0162. The zero-order valence-electron chi connectivity index (χ0n) is 4.19. The van der Waals surface area contributed by atoms with Crippen molar-refractivity contribution in [1.29, 1.82) is 0 Å². The van der Waals surface area contributed by atoms with Crippen molar-refractivity contribution in [3.8, 4) is 0 Å². The highest BCUT2D eigenvalue weighted by Crippen LogP contribution is 2.10. The fourth-order valence-electron chi connectivity index (χ4n) is 0.584. The van der Waals surface area contributed by atoms with Gasteiger partial charge in [0.1, 0.15) is 12.2 Å². The van der Waals surface area contributed by atoms with E-state index in [2.05, 4.69) is 4.74 Å². The molecule has 4 heteroatoms. The maximum Gasteiger partial charge on any atom is 0.183 e. The van der Waals surface area contributed by atoms with Crippen LogP contribution in [0.2, 0.25) is 0 Å². The van der Waals surface area contributed by atoms with Gasteiger partial charge in [0, 0.05) is 0 Å². The Labute approximate surface area is 46.3 Å². The molecule has 0 aromatic heterocycles. The third kappa shape index (κ3) is 0.830. The first-order valence-corrected chi connectivity index (χ1v) is 2.37. The van der Waals surface area contributed by atoms with Crippen LogP contribution < -0.4 is 0 Å². The number of aliphatic hydroxyl groups is 3. The predicted molar refractivity (Wildman–Crippen MR) is 24.0 cm³/mol. The van der Waals surface area contributed by atoms with Crippen molar-refractivity contribution in [3.05, 3.63) is 0 Å². The molecule has 1 heterocycles. The molecule has 0 bridgehead atoms. The zero-order valence-corrected chi connectivity index (χ0v) is 4.19. The van der Waals surface area contributed by atoms with Gasteiger partial charge in [0.2, 0.25) is 0 Å².